The van der Waals surface area contributed by atoms with Crippen molar-refractivity contribution in [1.29, 1.82) is 0 Å². The van der Waals surface area contributed by atoms with Crippen LogP contribution in [0.3, 0.4) is 0 Å². The number of aliphatic carboxylic acids is 1. The summed E-state index contributed by atoms with van der Waals surface area (Å²) in [6.45, 7) is 2.99. The molecule has 0 spiro atoms. The number of β-lactam (4-membered cyclic amide) rings is 1. The Morgan fingerprint density at radius 2 is 1.96 bits per heavy atom. The van der Waals surface area contributed by atoms with Crippen molar-refractivity contribution in [1.82, 2.24) is 4.90 Å². The Kier molecular flexibility index (Phi) is 6.66. The fourth-order valence-corrected chi connectivity index (χ4v) is 5.26. The van der Waals surface area contributed by atoms with Crippen LogP contribution in [0.1, 0.15) is 20.3 Å². The second-order valence-corrected chi connectivity index (χ2v) is 10.5. The molecule has 28 heavy (non-hydrogen) atoms. The van der Waals surface area contributed by atoms with E-state index in [-0.39, 0.29) is 22.7 Å². The zero-order valence-electron chi connectivity index (χ0n) is 14.9. The molecular formula is C16H19AsN2O8S. The second kappa shape index (κ2) is 8.44. The summed E-state index contributed by atoms with van der Waals surface area (Å²) in [6.07, 6.45) is 0.481. The Morgan fingerprint density at radius 3 is 2.43 bits per heavy atom. The van der Waals surface area contributed by atoms with Gasteiger partial charge in [-0.1, -0.05) is 0 Å². The number of rotatable bonds is 3. The molecule has 0 aliphatic carbocycles. The van der Waals surface area contributed by atoms with E-state index in [2.05, 4.69) is 5.32 Å². The molecule has 0 unspecified atom stereocenters. The summed E-state index contributed by atoms with van der Waals surface area (Å²) in [5, 5.41) is 20.7. The predicted molar refractivity (Wildman–Crippen MR) is 101 cm³/mol. The first-order chi connectivity index (χ1) is 12.9. The van der Waals surface area contributed by atoms with Gasteiger partial charge in [0.05, 0.1) is 11.8 Å². The number of hydrogen-bond acceptors (Lipinski definition) is 6. The van der Waals surface area contributed by atoms with Crippen LogP contribution in [0.2, 0.25) is 0 Å². The van der Waals surface area contributed by atoms with E-state index in [0.717, 1.165) is 17.4 Å². The number of carbonyl (C=O) groups excluding carboxylic acids is 2. The molecule has 5 N–H and O–H groups in total. The van der Waals surface area contributed by atoms with E-state index in [1.54, 1.807) is 18.7 Å². The molecule has 2 heterocycles. The molecule has 152 valence electrons. The van der Waals surface area contributed by atoms with Crippen molar-refractivity contribution < 1.29 is 36.5 Å². The van der Waals surface area contributed by atoms with Crippen LogP contribution in [0, 0.1) is 0 Å². The maximum atomic E-state index is 11.1. The van der Waals surface area contributed by atoms with E-state index in [0.29, 0.717) is 6.42 Å². The number of fused-ring (bicyclic) bond motifs is 1. The molecular weight excluding hydrogens is 455 g/mol. The largest absolute Gasteiger partial charge is 0.477 e. The first-order valence-corrected chi connectivity index (χ1v) is 12.4. The smallest absolute Gasteiger partial charge is 0.352 e. The van der Waals surface area contributed by atoms with Crippen LogP contribution in [0.5, 0.6) is 5.75 Å². The van der Waals surface area contributed by atoms with Crippen LogP contribution in [0.25, 0.3) is 0 Å². The monoisotopic (exact) mass is 474 g/mol. The van der Waals surface area contributed by atoms with Crippen LogP contribution < -0.4 is 9.67 Å². The summed E-state index contributed by atoms with van der Waals surface area (Å²) in [6, 6.07) is 3.83. The van der Waals surface area contributed by atoms with Crippen LogP contribution in [0.4, 0.5) is 5.69 Å². The van der Waals surface area contributed by atoms with Crippen molar-refractivity contribution in [2.24, 2.45) is 0 Å². The molecule has 2 amide bonds. The Hall–Kier alpha value is -2.20. The third kappa shape index (κ3) is 4.79. The number of benzene rings is 1. The molecule has 10 nitrogen and oxygen atoms in total. The number of amides is 2. The minimum atomic E-state index is -5.15. The van der Waals surface area contributed by atoms with E-state index < -0.39 is 36.1 Å². The molecule has 3 rings (SSSR count). The molecule has 2 aliphatic heterocycles. The number of aromatic hydroxyl groups is 1. The molecule has 0 aromatic heterocycles. The van der Waals surface area contributed by atoms with Gasteiger partial charge >= 0.3 is 94.1 Å². The summed E-state index contributed by atoms with van der Waals surface area (Å²) < 4.78 is 28.4. The fraction of sp³-hybridized carbons (Fsp3) is 0.312. The Labute approximate surface area is 167 Å². The molecule has 2 aliphatic rings. The number of hydrogen-bond donors (Lipinski definition) is 5. The van der Waals surface area contributed by atoms with E-state index in [4.69, 9.17) is 13.3 Å². The molecule has 0 radical (unpaired) electrons. The maximum Gasteiger partial charge on any atom is 0.352 e. The zero-order valence-corrected chi connectivity index (χ0v) is 17.6. The number of carboxylic acids is 1. The third-order valence-electron chi connectivity index (χ3n) is 3.89. The number of thioether (sulfide) groups is 1. The van der Waals surface area contributed by atoms with Gasteiger partial charge in [0.25, 0.3) is 0 Å². The number of nitrogens with one attached hydrogen (secondary N) is 1. The minimum absolute atomic E-state index is 0.00951. The van der Waals surface area contributed by atoms with Gasteiger partial charge in [0.1, 0.15) is 5.70 Å². The standard InChI is InChI=1S/C8H10AsNO5.C8H9NO3S/c1-5(11)10-7-4-2-3-6(8(7)12)9(13,14)15;1-4-3-13-6-2-5(10)9(6)7(4)8(11)12/h2-4,12H,1H3,(H,10,11)(H2,13,14,15);6H,2-3H2,1H3,(H,11,12)/t;6-/m.1/s1. The van der Waals surface area contributed by atoms with Crippen molar-refractivity contribution in [3.63, 3.8) is 0 Å². The number of nitrogens with zero attached hydrogens (tertiary/aromatic N) is 1. The van der Waals surface area contributed by atoms with Crippen LogP contribution in [-0.2, 0) is 18.1 Å². The Balaban J connectivity index is 0.000000202. The molecule has 0 saturated carbocycles. The van der Waals surface area contributed by atoms with E-state index in [9.17, 15) is 23.2 Å². The maximum absolute atomic E-state index is 11.1. The van der Waals surface area contributed by atoms with Crippen molar-refractivity contribution >= 4 is 53.8 Å². The first-order valence-electron chi connectivity index (χ1n) is 7.95. The number of carboxylic acid groups (broad SMARTS) is 1. The number of phenols is 1. The average molecular weight is 474 g/mol. The number of anilines is 1. The molecule has 1 aromatic carbocycles. The predicted octanol–water partition coefficient (Wildman–Crippen LogP) is -0.438. The van der Waals surface area contributed by atoms with Crippen LogP contribution >= 0.6 is 11.8 Å². The molecule has 12 heteroatoms. The van der Waals surface area contributed by atoms with Gasteiger partial charge in [0, 0.05) is 5.75 Å². The second-order valence-electron chi connectivity index (χ2n) is 6.07. The van der Waals surface area contributed by atoms with Crippen molar-refractivity contribution in [2.75, 3.05) is 11.1 Å². The normalized spacial score (nSPS) is 18.5. The van der Waals surface area contributed by atoms with Gasteiger partial charge in [-0.15, -0.1) is 11.8 Å². The number of phenolic OH excluding ortho intramolecular Hbond substituents is 1. The van der Waals surface area contributed by atoms with Gasteiger partial charge in [-0.2, -0.15) is 0 Å². The SMILES string of the molecule is CC(=O)Nc1cccc([As](=O)(O)O)c1O.CC1=C(C(=O)O)N2C(=O)C[C@H]2SC1. The van der Waals surface area contributed by atoms with Crippen LogP contribution in [-0.4, -0.2) is 66.4 Å². The molecule has 1 atom stereocenters. The summed E-state index contributed by atoms with van der Waals surface area (Å²) in [5.74, 6) is -1.36. The summed E-state index contributed by atoms with van der Waals surface area (Å²) in [7, 11) is 0. The number of para-hydroxylation sites is 1. The zero-order chi connectivity index (χ0) is 21.2. The van der Waals surface area contributed by atoms with Gasteiger partial charge < -0.3 is 5.11 Å². The van der Waals surface area contributed by atoms with Crippen molar-refractivity contribution in [3.8, 4) is 5.75 Å². The quantitative estimate of drug-likeness (QED) is 0.222. The summed E-state index contributed by atoms with van der Waals surface area (Å²) in [4.78, 5) is 34.1. The number of carbonyl (C=O) groups is 3. The Morgan fingerprint density at radius 1 is 1.32 bits per heavy atom. The minimum Gasteiger partial charge on any atom is -0.477 e. The average Bonchev–Trinajstić information content (AvgIpc) is 2.56. The Bertz CT molecular complexity index is 910. The molecule has 0 bridgehead atoms. The summed E-state index contributed by atoms with van der Waals surface area (Å²) in [5.41, 5.74) is 0.964. The van der Waals surface area contributed by atoms with Gasteiger partial charge in [-0.05, 0) is 12.5 Å². The summed E-state index contributed by atoms with van der Waals surface area (Å²) >= 11 is -3.52. The van der Waals surface area contributed by atoms with Crippen LogP contribution in [0.15, 0.2) is 29.5 Å². The van der Waals surface area contributed by atoms with Gasteiger partial charge in [-0.25, -0.2) is 4.79 Å². The van der Waals surface area contributed by atoms with Crippen molar-refractivity contribution in [2.45, 2.75) is 25.6 Å². The fourth-order valence-electron chi connectivity index (χ4n) is 2.63. The van der Waals surface area contributed by atoms with Crippen molar-refractivity contribution in [3.05, 3.63) is 29.5 Å². The molecule has 1 fully saturated rings. The van der Waals surface area contributed by atoms with E-state index in [1.807, 2.05) is 0 Å². The molecule has 1 saturated heterocycles. The third-order valence-corrected chi connectivity index (χ3v) is 7.32. The molecule has 1 aromatic rings. The van der Waals surface area contributed by atoms with Gasteiger partial charge in [0.15, 0.2) is 0 Å². The van der Waals surface area contributed by atoms with E-state index in [1.165, 1.54) is 24.0 Å². The van der Waals surface area contributed by atoms with Gasteiger partial charge in [-0.3, -0.25) is 9.69 Å². The van der Waals surface area contributed by atoms with E-state index >= 15 is 0 Å². The topological polar surface area (TPSA) is 164 Å². The van der Waals surface area contributed by atoms with Gasteiger partial charge in [0.2, 0.25) is 5.91 Å². The first kappa shape index (κ1) is 22.1.